The van der Waals surface area contributed by atoms with Gasteiger partial charge in [-0.05, 0) is 67.7 Å². The van der Waals surface area contributed by atoms with Crippen LogP contribution >= 0.6 is 0 Å². The first kappa shape index (κ1) is 25.3. The molecule has 2 aliphatic heterocycles. The van der Waals surface area contributed by atoms with Crippen molar-refractivity contribution in [2.75, 3.05) is 19.6 Å². The molecule has 1 amide bonds. The van der Waals surface area contributed by atoms with Gasteiger partial charge in [-0.25, -0.2) is 0 Å². The molecule has 2 aromatic carbocycles. The average Bonchev–Trinajstić information content (AvgIpc) is 2.89. The smallest absolute Gasteiger partial charge is 0.232 e. The van der Waals surface area contributed by atoms with Gasteiger partial charge in [-0.15, -0.1) is 0 Å². The Morgan fingerprint density at radius 1 is 0.833 bits per heavy atom. The lowest BCUT2D eigenvalue weighted by Crippen LogP contribution is -2.47. The fraction of sp³-hybridized carbons (Fsp3) is 0.594. The quantitative estimate of drug-likeness (QED) is 0.476. The maximum absolute atomic E-state index is 13.9. The van der Waals surface area contributed by atoms with E-state index >= 15 is 0 Å². The lowest BCUT2D eigenvalue weighted by molar-refractivity contribution is -0.122. The number of aryl methyl sites for hydroxylation is 2. The number of carbonyl (C=O) groups is 1. The lowest BCUT2D eigenvalue weighted by Gasteiger charge is -2.36. The molecule has 0 unspecified atom stereocenters. The molecule has 3 aliphatic rings. The standard InChI is InChI=1S/C32H44N2O2/c1-3-23-12-14-29-27(20-23)31(28-21-24(4-2)13-15-30(28)36-29)32(35)33-26-16-18-34(19-17-26)22-25-10-8-6-5-7-9-11-25/h12-15,20-21,25-26,31H,3-11,16-19,22H2,1-2H3,(H,33,35). The number of hydrogen-bond donors (Lipinski definition) is 1. The SMILES string of the molecule is CCc1ccc2c(c1)C(C(=O)NC1CCN(CC3CCCCCCC3)CC1)c1cc(CC)ccc1O2. The van der Waals surface area contributed by atoms with Crippen LogP contribution in [0.1, 0.15) is 99.8 Å². The number of ether oxygens (including phenoxy) is 1. The Morgan fingerprint density at radius 3 is 1.94 bits per heavy atom. The molecule has 4 heteroatoms. The lowest BCUT2D eigenvalue weighted by atomic mass is 9.84. The van der Waals surface area contributed by atoms with Crippen molar-refractivity contribution in [3.8, 4) is 11.5 Å². The van der Waals surface area contributed by atoms with Crippen molar-refractivity contribution in [3.05, 3.63) is 58.7 Å². The molecule has 1 saturated heterocycles. The van der Waals surface area contributed by atoms with E-state index in [2.05, 4.69) is 48.3 Å². The van der Waals surface area contributed by atoms with Crippen LogP contribution in [0.4, 0.5) is 0 Å². The van der Waals surface area contributed by atoms with E-state index in [1.807, 2.05) is 12.1 Å². The Bertz CT molecular complexity index is 979. The van der Waals surface area contributed by atoms with Crippen molar-refractivity contribution in [1.29, 1.82) is 0 Å². The second-order valence-electron chi connectivity index (χ2n) is 11.3. The summed E-state index contributed by atoms with van der Waals surface area (Å²) in [4.78, 5) is 16.5. The molecule has 0 atom stereocenters. The van der Waals surface area contributed by atoms with Gasteiger partial charge in [0, 0.05) is 36.8 Å². The van der Waals surface area contributed by atoms with Gasteiger partial charge in [0.25, 0.3) is 0 Å². The summed E-state index contributed by atoms with van der Waals surface area (Å²) in [6.45, 7) is 7.77. The zero-order chi connectivity index (χ0) is 24.9. The molecule has 0 radical (unpaired) electrons. The molecule has 5 rings (SSSR count). The Labute approximate surface area is 217 Å². The van der Waals surface area contributed by atoms with E-state index in [4.69, 9.17) is 4.74 Å². The van der Waals surface area contributed by atoms with Gasteiger partial charge in [0.2, 0.25) is 5.91 Å². The highest BCUT2D eigenvalue weighted by molar-refractivity contribution is 5.90. The molecule has 1 saturated carbocycles. The van der Waals surface area contributed by atoms with E-state index in [1.54, 1.807) is 0 Å². The van der Waals surface area contributed by atoms with Crippen LogP contribution in [0, 0.1) is 5.92 Å². The molecular weight excluding hydrogens is 444 g/mol. The van der Waals surface area contributed by atoms with E-state index in [-0.39, 0.29) is 17.9 Å². The zero-order valence-electron chi connectivity index (χ0n) is 22.4. The van der Waals surface area contributed by atoms with Crippen molar-refractivity contribution in [2.45, 2.75) is 96.4 Å². The van der Waals surface area contributed by atoms with Crippen molar-refractivity contribution in [3.63, 3.8) is 0 Å². The highest BCUT2D eigenvalue weighted by atomic mass is 16.5. The number of likely N-dealkylation sites (tertiary alicyclic amines) is 1. The molecule has 2 fully saturated rings. The molecule has 1 N–H and O–H groups in total. The van der Waals surface area contributed by atoms with Crippen LogP contribution in [0.5, 0.6) is 11.5 Å². The number of nitrogens with one attached hydrogen (secondary N) is 1. The van der Waals surface area contributed by atoms with Gasteiger partial charge in [0.05, 0.1) is 5.92 Å². The molecule has 194 valence electrons. The van der Waals surface area contributed by atoms with Gasteiger partial charge in [-0.1, -0.05) is 70.2 Å². The molecule has 4 nitrogen and oxygen atoms in total. The number of hydrogen-bond acceptors (Lipinski definition) is 3. The van der Waals surface area contributed by atoms with Crippen LogP contribution in [-0.2, 0) is 17.6 Å². The predicted molar refractivity (Wildman–Crippen MR) is 147 cm³/mol. The number of benzene rings is 2. The van der Waals surface area contributed by atoms with Crippen molar-refractivity contribution in [2.24, 2.45) is 5.92 Å². The van der Waals surface area contributed by atoms with Crippen LogP contribution in [0.2, 0.25) is 0 Å². The molecule has 0 aromatic heterocycles. The van der Waals surface area contributed by atoms with E-state index in [1.165, 1.54) is 62.6 Å². The normalized spacial score (nSPS) is 20.1. The monoisotopic (exact) mass is 488 g/mol. The molecule has 1 aliphatic carbocycles. The number of rotatable bonds is 6. The number of nitrogens with zero attached hydrogens (tertiary/aromatic N) is 1. The maximum Gasteiger partial charge on any atom is 0.232 e. The minimum atomic E-state index is -0.310. The van der Waals surface area contributed by atoms with Gasteiger partial charge in [-0.3, -0.25) is 4.79 Å². The third-order valence-electron chi connectivity index (χ3n) is 8.74. The van der Waals surface area contributed by atoms with E-state index in [0.717, 1.165) is 67.3 Å². The fourth-order valence-corrected chi connectivity index (χ4v) is 6.47. The topological polar surface area (TPSA) is 41.6 Å². The zero-order valence-corrected chi connectivity index (χ0v) is 22.4. The van der Waals surface area contributed by atoms with Gasteiger partial charge in [-0.2, -0.15) is 0 Å². The maximum atomic E-state index is 13.9. The molecule has 0 bridgehead atoms. The van der Waals surface area contributed by atoms with Crippen molar-refractivity contribution in [1.82, 2.24) is 10.2 Å². The largest absolute Gasteiger partial charge is 0.457 e. The van der Waals surface area contributed by atoms with Gasteiger partial charge in [0.1, 0.15) is 11.5 Å². The summed E-state index contributed by atoms with van der Waals surface area (Å²) < 4.78 is 6.26. The Kier molecular flexibility index (Phi) is 8.31. The van der Waals surface area contributed by atoms with Crippen LogP contribution in [0.3, 0.4) is 0 Å². The number of carbonyl (C=O) groups excluding carboxylic acids is 1. The Hall–Kier alpha value is -2.33. The Balaban J connectivity index is 1.26. The van der Waals surface area contributed by atoms with Crippen LogP contribution in [0.15, 0.2) is 36.4 Å². The van der Waals surface area contributed by atoms with E-state index in [0.29, 0.717) is 0 Å². The highest BCUT2D eigenvalue weighted by Gasteiger charge is 2.35. The molecular formula is C32H44N2O2. The minimum Gasteiger partial charge on any atom is -0.457 e. The van der Waals surface area contributed by atoms with Gasteiger partial charge >= 0.3 is 0 Å². The molecule has 2 heterocycles. The molecule has 36 heavy (non-hydrogen) atoms. The van der Waals surface area contributed by atoms with Gasteiger partial charge in [0.15, 0.2) is 0 Å². The first-order chi connectivity index (χ1) is 17.6. The third kappa shape index (κ3) is 5.80. The summed E-state index contributed by atoms with van der Waals surface area (Å²) in [6, 6.07) is 12.9. The molecule has 0 spiro atoms. The second-order valence-corrected chi connectivity index (χ2v) is 11.3. The number of piperidine rings is 1. The summed E-state index contributed by atoms with van der Waals surface area (Å²) in [5.41, 5.74) is 4.50. The highest BCUT2D eigenvalue weighted by Crippen LogP contribution is 2.45. The van der Waals surface area contributed by atoms with Crippen molar-refractivity contribution < 1.29 is 9.53 Å². The number of fused-ring (bicyclic) bond motifs is 2. The van der Waals surface area contributed by atoms with Gasteiger partial charge < -0.3 is 15.0 Å². The summed E-state index contributed by atoms with van der Waals surface area (Å²) in [5.74, 6) is 2.32. The summed E-state index contributed by atoms with van der Waals surface area (Å²) in [7, 11) is 0. The third-order valence-corrected chi connectivity index (χ3v) is 8.74. The second kappa shape index (κ2) is 11.8. The Morgan fingerprint density at radius 2 is 1.39 bits per heavy atom. The van der Waals surface area contributed by atoms with Crippen LogP contribution in [-0.4, -0.2) is 36.5 Å². The van der Waals surface area contributed by atoms with Crippen LogP contribution < -0.4 is 10.1 Å². The summed E-state index contributed by atoms with van der Waals surface area (Å²) >= 11 is 0. The first-order valence-corrected chi connectivity index (χ1v) is 14.6. The summed E-state index contributed by atoms with van der Waals surface area (Å²) in [5, 5.41) is 3.47. The first-order valence-electron chi connectivity index (χ1n) is 14.6. The number of amides is 1. The van der Waals surface area contributed by atoms with Crippen LogP contribution in [0.25, 0.3) is 0 Å². The fourth-order valence-electron chi connectivity index (χ4n) is 6.47. The van der Waals surface area contributed by atoms with E-state index in [9.17, 15) is 4.79 Å². The van der Waals surface area contributed by atoms with Crippen molar-refractivity contribution >= 4 is 5.91 Å². The minimum absolute atomic E-state index is 0.126. The average molecular weight is 489 g/mol. The summed E-state index contributed by atoms with van der Waals surface area (Å²) in [6.07, 6.45) is 13.9. The molecule has 2 aromatic rings. The van der Waals surface area contributed by atoms with E-state index < -0.39 is 0 Å². The predicted octanol–water partition coefficient (Wildman–Crippen LogP) is 6.99.